The smallest absolute Gasteiger partial charge is 0.195 e. The number of para-hydroxylation sites is 3. The first kappa shape index (κ1) is 22.3. The molecule has 0 N–H and O–H groups in total. The Kier molecular flexibility index (Phi) is 4.76. The quantitative estimate of drug-likeness (QED) is 0.169. The molecule has 0 amide bonds. The van der Waals surface area contributed by atoms with Crippen LogP contribution < -0.4 is 0 Å². The third-order valence-corrected chi connectivity index (χ3v) is 9.41. The minimum Gasteiger partial charge on any atom is -0.441 e. The summed E-state index contributed by atoms with van der Waals surface area (Å²) in [6.07, 6.45) is 3.80. The fourth-order valence-electron chi connectivity index (χ4n) is 5.71. The van der Waals surface area contributed by atoms with Crippen molar-refractivity contribution >= 4 is 83.0 Å². The molecule has 0 spiro atoms. The zero-order valence-electron chi connectivity index (χ0n) is 19.6. The van der Waals surface area contributed by atoms with Gasteiger partial charge in [0, 0.05) is 54.0 Å². The maximum absolute atomic E-state index is 6.37. The van der Waals surface area contributed by atoms with E-state index in [0.717, 1.165) is 33.1 Å². The number of pyridine rings is 1. The van der Waals surface area contributed by atoms with E-state index in [1.807, 2.05) is 40.3 Å². The van der Waals surface area contributed by atoms with Gasteiger partial charge in [-0.2, -0.15) is 0 Å². The second kappa shape index (κ2) is 8.13. The van der Waals surface area contributed by atoms with Crippen LogP contribution in [0.15, 0.2) is 102 Å². The number of thiophene rings is 2. The van der Waals surface area contributed by atoms with E-state index in [-0.39, 0.29) is 20.1 Å². The first-order chi connectivity index (χ1) is 18.4. The maximum Gasteiger partial charge on any atom is 0.195 e. The minimum atomic E-state index is 0. The maximum atomic E-state index is 6.37. The molecule has 9 aromatic rings. The van der Waals surface area contributed by atoms with Gasteiger partial charge in [0.05, 0.1) is 21.7 Å². The van der Waals surface area contributed by atoms with Crippen LogP contribution in [-0.4, -0.2) is 14.0 Å². The van der Waals surface area contributed by atoms with Crippen molar-refractivity contribution in [3.8, 4) is 14.8 Å². The Labute approximate surface area is 237 Å². The predicted octanol–water partition coefficient (Wildman–Crippen LogP) is 9.07. The van der Waals surface area contributed by atoms with Gasteiger partial charge < -0.3 is 13.4 Å². The van der Waals surface area contributed by atoms with E-state index < -0.39 is 0 Å². The van der Waals surface area contributed by atoms with E-state index >= 15 is 0 Å². The van der Waals surface area contributed by atoms with Gasteiger partial charge in [-0.05, 0) is 29.1 Å². The number of benzene rings is 3. The van der Waals surface area contributed by atoms with Crippen LogP contribution in [0.25, 0.3) is 75.0 Å². The Balaban J connectivity index is 0.00000225. The van der Waals surface area contributed by atoms with Crippen molar-refractivity contribution < 1.29 is 24.5 Å². The number of furan rings is 1. The molecule has 0 atom stereocenters. The van der Waals surface area contributed by atoms with Crippen molar-refractivity contribution in [3.05, 3.63) is 103 Å². The predicted molar refractivity (Wildman–Crippen MR) is 154 cm³/mol. The topological polar surface area (TPSA) is 35.4 Å². The molecule has 0 unspecified atom stereocenters. The van der Waals surface area contributed by atoms with E-state index in [9.17, 15) is 0 Å². The van der Waals surface area contributed by atoms with Gasteiger partial charge in [0.25, 0.3) is 0 Å². The second-order valence-electron chi connectivity index (χ2n) is 9.19. The van der Waals surface area contributed by atoms with Crippen molar-refractivity contribution in [1.82, 2.24) is 14.0 Å². The fraction of sp³-hybridized carbons (Fsp3) is 0. The summed E-state index contributed by atoms with van der Waals surface area (Å²) in [7, 11) is 0. The molecule has 7 heteroatoms. The third-order valence-electron chi connectivity index (χ3n) is 7.26. The van der Waals surface area contributed by atoms with Crippen LogP contribution in [0.4, 0.5) is 0 Å². The molecular formula is C31H16IrN3OS2-. The summed E-state index contributed by atoms with van der Waals surface area (Å²) in [4.78, 5) is 7.09. The summed E-state index contributed by atoms with van der Waals surface area (Å²) in [5, 5.41) is 11.8. The molecule has 0 saturated heterocycles. The normalized spacial score (nSPS) is 12.0. The van der Waals surface area contributed by atoms with Crippen LogP contribution in [0.3, 0.4) is 0 Å². The molecule has 1 radical (unpaired) electrons. The van der Waals surface area contributed by atoms with E-state index in [2.05, 4.69) is 87.7 Å². The standard InChI is InChI=1S/C31H16N3OS2.Ir/c1-4-10-22-18(7-1)19-8-2-5-11-23(19)34(22)26-14-13-25(37-26)29-27-21(17-36-29)30-32-15-16-33(30)31-28(27)20-9-3-6-12-24(20)35-31;/h1-16H;/q-1;. The van der Waals surface area contributed by atoms with Gasteiger partial charge in [-0.25, -0.2) is 0 Å². The van der Waals surface area contributed by atoms with E-state index in [1.165, 1.54) is 41.9 Å². The molecule has 0 bridgehead atoms. The molecule has 183 valence electrons. The van der Waals surface area contributed by atoms with Gasteiger partial charge in [-0.1, -0.05) is 76.3 Å². The summed E-state index contributed by atoms with van der Waals surface area (Å²) in [5.41, 5.74) is 5.04. The number of imidazole rings is 1. The van der Waals surface area contributed by atoms with E-state index in [4.69, 9.17) is 4.42 Å². The number of rotatable bonds is 2. The van der Waals surface area contributed by atoms with Crippen molar-refractivity contribution in [2.24, 2.45) is 0 Å². The van der Waals surface area contributed by atoms with Crippen molar-refractivity contribution in [2.45, 2.75) is 0 Å². The van der Waals surface area contributed by atoms with Gasteiger partial charge >= 0.3 is 0 Å². The number of fused-ring (bicyclic) bond motifs is 11. The van der Waals surface area contributed by atoms with Gasteiger partial charge in [0.15, 0.2) is 5.71 Å². The van der Waals surface area contributed by atoms with Crippen LogP contribution in [0.1, 0.15) is 0 Å². The Hall–Kier alpha value is -3.74. The zero-order valence-corrected chi connectivity index (χ0v) is 23.7. The molecule has 0 saturated carbocycles. The van der Waals surface area contributed by atoms with Gasteiger partial charge in [-0.3, -0.25) is 16.3 Å². The molecule has 6 aromatic heterocycles. The molecular weight excluding hydrogens is 687 g/mol. The van der Waals surface area contributed by atoms with Crippen LogP contribution in [-0.2, 0) is 20.1 Å². The number of hydrogen-bond donors (Lipinski definition) is 0. The first-order valence-corrected chi connectivity index (χ1v) is 13.7. The first-order valence-electron chi connectivity index (χ1n) is 12.1. The SMILES string of the molecule is [Ir].[c-]1sc(-c2ccc(-n3c4ccccc4c4ccccc43)s2)c2c1c1nccn1c1oc3ccccc3c21. The van der Waals surface area contributed by atoms with E-state index in [0.29, 0.717) is 0 Å². The van der Waals surface area contributed by atoms with Crippen molar-refractivity contribution in [1.29, 1.82) is 0 Å². The van der Waals surface area contributed by atoms with Crippen LogP contribution in [0.5, 0.6) is 0 Å². The van der Waals surface area contributed by atoms with Crippen LogP contribution in [0.2, 0.25) is 0 Å². The summed E-state index contributed by atoms with van der Waals surface area (Å²) in [6, 6.07) is 30.0. The molecule has 0 aliphatic carbocycles. The fourth-order valence-corrected chi connectivity index (χ4v) is 7.82. The number of nitrogens with zero attached hydrogens (tertiary/aromatic N) is 3. The largest absolute Gasteiger partial charge is 0.441 e. The second-order valence-corrected chi connectivity index (χ2v) is 11.1. The summed E-state index contributed by atoms with van der Waals surface area (Å²) >= 11 is 3.47. The average Bonchev–Trinajstić information content (AvgIpc) is 3.75. The minimum absolute atomic E-state index is 0. The van der Waals surface area contributed by atoms with Gasteiger partial charge in [0.1, 0.15) is 5.58 Å². The molecule has 9 rings (SSSR count). The average molecular weight is 703 g/mol. The molecule has 4 nitrogen and oxygen atoms in total. The molecule has 3 aromatic carbocycles. The van der Waals surface area contributed by atoms with E-state index in [1.54, 1.807) is 11.3 Å². The summed E-state index contributed by atoms with van der Waals surface area (Å²) in [5.74, 6) is 0. The summed E-state index contributed by atoms with van der Waals surface area (Å²) < 4.78 is 10.8. The van der Waals surface area contributed by atoms with Gasteiger partial charge in [0.2, 0.25) is 0 Å². The van der Waals surface area contributed by atoms with Crippen LogP contribution in [0, 0.1) is 5.38 Å². The van der Waals surface area contributed by atoms with Crippen LogP contribution >= 0.6 is 22.7 Å². The van der Waals surface area contributed by atoms with Crippen molar-refractivity contribution in [3.63, 3.8) is 0 Å². The Morgan fingerprint density at radius 1 is 0.763 bits per heavy atom. The Morgan fingerprint density at radius 3 is 2.26 bits per heavy atom. The zero-order chi connectivity index (χ0) is 24.1. The Bertz CT molecular complexity index is 2280. The number of aromatic nitrogens is 3. The summed E-state index contributed by atoms with van der Waals surface area (Å²) in [6.45, 7) is 0. The number of hydrogen-bond acceptors (Lipinski definition) is 4. The molecule has 38 heavy (non-hydrogen) atoms. The van der Waals surface area contributed by atoms with Crippen molar-refractivity contribution in [2.75, 3.05) is 0 Å². The molecule has 0 aliphatic heterocycles. The molecule has 0 aliphatic rings. The third kappa shape index (κ3) is 2.85. The Morgan fingerprint density at radius 2 is 1.47 bits per heavy atom. The van der Waals surface area contributed by atoms with Gasteiger partial charge in [-0.15, -0.1) is 16.7 Å². The monoisotopic (exact) mass is 703 g/mol. The molecule has 6 heterocycles. The molecule has 0 fully saturated rings.